The van der Waals surface area contributed by atoms with Gasteiger partial charge in [0.05, 0.1) is 11.8 Å². The first-order valence-electron chi connectivity index (χ1n) is 10.1. The number of aromatic nitrogens is 2. The molecule has 0 saturated heterocycles. The fourth-order valence-corrected chi connectivity index (χ4v) is 5.10. The number of benzene rings is 1. The van der Waals surface area contributed by atoms with E-state index in [1.807, 2.05) is 11.4 Å². The highest BCUT2D eigenvalue weighted by atomic mass is 32.1. The summed E-state index contributed by atoms with van der Waals surface area (Å²) in [5.41, 5.74) is 8.11. The quantitative estimate of drug-likeness (QED) is 0.274. The molecule has 4 rings (SSSR count). The zero-order valence-electron chi connectivity index (χ0n) is 17.8. The Hall–Kier alpha value is -3.36. The number of carbonyl (C=O) groups is 2. The first-order valence-corrected chi connectivity index (χ1v) is 11.8. The number of nitrogens with two attached hydrogens (primary N) is 1. The molecule has 0 radical (unpaired) electrons. The van der Waals surface area contributed by atoms with Crippen LogP contribution in [0.15, 0.2) is 41.3 Å². The van der Waals surface area contributed by atoms with Crippen LogP contribution in [0.5, 0.6) is 0 Å². The number of nitrogen functional groups attached to an aromatic ring is 1. The number of amides is 3. The van der Waals surface area contributed by atoms with Gasteiger partial charge in [-0.2, -0.15) is 0 Å². The molecule has 0 saturated carbocycles. The Kier molecular flexibility index (Phi) is 6.90. The van der Waals surface area contributed by atoms with E-state index < -0.39 is 30.3 Å². The lowest BCUT2D eigenvalue weighted by Crippen LogP contribution is -2.41. The van der Waals surface area contributed by atoms with Gasteiger partial charge in [-0.15, -0.1) is 11.3 Å². The summed E-state index contributed by atoms with van der Waals surface area (Å²) in [6, 6.07) is 6.66. The van der Waals surface area contributed by atoms with Crippen LogP contribution >= 0.6 is 22.7 Å². The third-order valence-corrected chi connectivity index (χ3v) is 7.03. The highest BCUT2D eigenvalue weighted by molar-refractivity contribution is 7.23. The van der Waals surface area contributed by atoms with E-state index in [0.29, 0.717) is 26.4 Å². The molecular weight excluding hydrogens is 480 g/mol. The maximum atomic E-state index is 12.6. The van der Waals surface area contributed by atoms with Crippen molar-refractivity contribution in [2.24, 2.45) is 0 Å². The zero-order valence-corrected chi connectivity index (χ0v) is 19.5. The number of aliphatic hydroxyl groups is 3. The number of nitrogens with zero attached hydrogens (tertiary/aromatic N) is 2. The molecular formula is C21H22N6O5S2. The summed E-state index contributed by atoms with van der Waals surface area (Å²) in [5.74, 6) is -0.219. The topological polar surface area (TPSA) is 183 Å². The van der Waals surface area contributed by atoms with Crippen molar-refractivity contribution in [2.45, 2.75) is 24.7 Å². The van der Waals surface area contributed by atoms with E-state index in [1.165, 1.54) is 35.8 Å². The van der Waals surface area contributed by atoms with Crippen LogP contribution in [-0.4, -0.2) is 62.6 Å². The van der Waals surface area contributed by atoms with Crippen LogP contribution in [0.2, 0.25) is 0 Å². The van der Waals surface area contributed by atoms with Gasteiger partial charge in [0, 0.05) is 35.7 Å². The van der Waals surface area contributed by atoms with Crippen LogP contribution in [0, 0.1) is 0 Å². The SMILES string of the molecule is CNC(=O)Nc1nc(N)c(-c2nc(-c3cccc(NC(=O)C4=CC(O)C(O)[C@@H](O)C4)c3)cs2)s1. The Balaban J connectivity index is 1.51. The number of anilines is 3. The van der Waals surface area contributed by atoms with Crippen molar-refractivity contribution < 1.29 is 24.9 Å². The number of aliphatic hydroxyl groups excluding tert-OH is 3. The van der Waals surface area contributed by atoms with Gasteiger partial charge in [0.2, 0.25) is 0 Å². The lowest BCUT2D eigenvalue weighted by atomic mass is 9.92. The van der Waals surface area contributed by atoms with E-state index in [1.54, 1.807) is 18.2 Å². The molecule has 2 aromatic heterocycles. The molecule has 3 aromatic rings. The van der Waals surface area contributed by atoms with Gasteiger partial charge >= 0.3 is 6.03 Å². The van der Waals surface area contributed by atoms with Crippen LogP contribution in [0.1, 0.15) is 6.42 Å². The molecule has 3 atom stereocenters. The standard InChI is InChI=1S/C21H22N6O5S2/c1-23-20(32)27-21-26-17(22)16(34-21)19-25-12(8-33-19)9-3-2-4-11(5-9)24-18(31)10-6-13(28)15(30)14(29)7-10/h2-6,8,13-15,28-30H,7,22H2,1H3,(H,24,31)(H2,23,26,27,32)/t13?,14-,15?/m0/s1. The number of hydrogen-bond donors (Lipinski definition) is 7. The van der Waals surface area contributed by atoms with Gasteiger partial charge in [0.1, 0.15) is 27.9 Å². The fraction of sp³-hybridized carbons (Fsp3) is 0.238. The Morgan fingerprint density at radius 2 is 1.97 bits per heavy atom. The summed E-state index contributed by atoms with van der Waals surface area (Å²) >= 11 is 2.58. The summed E-state index contributed by atoms with van der Waals surface area (Å²) in [7, 11) is 1.50. The molecule has 11 nitrogen and oxygen atoms in total. The average molecular weight is 503 g/mol. The highest BCUT2D eigenvalue weighted by Crippen LogP contribution is 2.38. The fourth-order valence-electron chi connectivity index (χ4n) is 3.29. The monoisotopic (exact) mass is 502 g/mol. The molecule has 1 aromatic carbocycles. The van der Waals surface area contributed by atoms with Crippen molar-refractivity contribution in [3.8, 4) is 21.1 Å². The molecule has 1 aliphatic rings. The largest absolute Gasteiger partial charge is 0.390 e. The molecule has 178 valence electrons. The minimum atomic E-state index is -1.32. The summed E-state index contributed by atoms with van der Waals surface area (Å²) in [6.45, 7) is 0. The van der Waals surface area contributed by atoms with Gasteiger partial charge in [0.15, 0.2) is 5.13 Å². The van der Waals surface area contributed by atoms with E-state index in [-0.39, 0.29) is 17.8 Å². The van der Waals surface area contributed by atoms with Crippen LogP contribution in [0.3, 0.4) is 0 Å². The van der Waals surface area contributed by atoms with Crippen LogP contribution in [0.25, 0.3) is 21.1 Å². The van der Waals surface area contributed by atoms with Crippen molar-refractivity contribution in [1.82, 2.24) is 15.3 Å². The lowest BCUT2D eigenvalue weighted by Gasteiger charge is -2.27. The van der Waals surface area contributed by atoms with Gasteiger partial charge in [-0.05, 0) is 18.2 Å². The minimum Gasteiger partial charge on any atom is -0.390 e. The summed E-state index contributed by atoms with van der Waals surface area (Å²) in [6.07, 6.45) is -2.66. The minimum absolute atomic E-state index is 0.0633. The van der Waals surface area contributed by atoms with Gasteiger partial charge in [0.25, 0.3) is 5.91 Å². The smallest absolute Gasteiger partial charge is 0.320 e. The Morgan fingerprint density at radius 3 is 2.71 bits per heavy atom. The number of urea groups is 1. The van der Waals surface area contributed by atoms with E-state index in [0.717, 1.165) is 5.56 Å². The maximum Gasteiger partial charge on any atom is 0.320 e. The predicted octanol–water partition coefficient (Wildman–Crippen LogP) is 1.62. The van der Waals surface area contributed by atoms with Gasteiger partial charge < -0.3 is 31.7 Å². The molecule has 1 aliphatic carbocycles. The van der Waals surface area contributed by atoms with E-state index >= 15 is 0 Å². The highest BCUT2D eigenvalue weighted by Gasteiger charge is 2.31. The second kappa shape index (κ2) is 9.87. The van der Waals surface area contributed by atoms with Crippen LogP contribution in [-0.2, 0) is 4.79 Å². The lowest BCUT2D eigenvalue weighted by molar-refractivity contribution is -0.114. The van der Waals surface area contributed by atoms with Gasteiger partial charge in [-0.3, -0.25) is 10.1 Å². The normalized spacial score (nSPS) is 19.9. The first kappa shape index (κ1) is 23.8. The maximum absolute atomic E-state index is 12.6. The summed E-state index contributed by atoms with van der Waals surface area (Å²) < 4.78 is 0. The third-order valence-electron chi connectivity index (χ3n) is 5.05. The molecule has 0 spiro atoms. The van der Waals surface area contributed by atoms with Crippen molar-refractivity contribution in [3.05, 3.63) is 41.3 Å². The number of nitrogens with one attached hydrogen (secondary N) is 3. The van der Waals surface area contributed by atoms with Gasteiger partial charge in [-0.25, -0.2) is 14.8 Å². The van der Waals surface area contributed by atoms with Crippen LogP contribution in [0.4, 0.5) is 21.4 Å². The molecule has 2 unspecified atom stereocenters. The van der Waals surface area contributed by atoms with Crippen molar-refractivity contribution in [1.29, 1.82) is 0 Å². The Morgan fingerprint density at radius 1 is 1.18 bits per heavy atom. The van der Waals surface area contributed by atoms with Crippen molar-refractivity contribution >= 4 is 51.2 Å². The molecule has 3 amide bonds. The molecule has 13 heteroatoms. The van der Waals surface area contributed by atoms with E-state index in [9.17, 15) is 24.9 Å². The Bertz CT molecular complexity index is 1260. The molecule has 0 aliphatic heterocycles. The number of rotatable bonds is 5. The zero-order chi connectivity index (χ0) is 24.4. The second-order valence-electron chi connectivity index (χ2n) is 7.45. The first-order chi connectivity index (χ1) is 16.2. The molecule has 34 heavy (non-hydrogen) atoms. The van der Waals surface area contributed by atoms with Gasteiger partial charge in [-0.1, -0.05) is 23.5 Å². The average Bonchev–Trinajstić information content (AvgIpc) is 3.43. The van der Waals surface area contributed by atoms with E-state index in [2.05, 4.69) is 25.9 Å². The second-order valence-corrected chi connectivity index (χ2v) is 9.31. The van der Waals surface area contributed by atoms with Crippen molar-refractivity contribution in [3.63, 3.8) is 0 Å². The molecule has 8 N–H and O–H groups in total. The predicted molar refractivity (Wildman–Crippen MR) is 130 cm³/mol. The molecule has 2 heterocycles. The summed E-state index contributed by atoms with van der Waals surface area (Å²) in [4.78, 5) is 33.5. The molecule has 0 fully saturated rings. The van der Waals surface area contributed by atoms with E-state index in [4.69, 9.17) is 5.73 Å². The van der Waals surface area contributed by atoms with Crippen LogP contribution < -0.4 is 21.7 Å². The number of carbonyl (C=O) groups excluding carboxylic acids is 2. The third kappa shape index (κ3) is 5.08. The Labute approximate surface area is 202 Å². The number of hydrogen-bond acceptors (Lipinski definition) is 10. The number of thiazole rings is 2. The summed E-state index contributed by atoms with van der Waals surface area (Å²) in [5, 5.41) is 39.9. The molecule has 0 bridgehead atoms. The van der Waals surface area contributed by atoms with Crippen molar-refractivity contribution in [2.75, 3.05) is 23.4 Å².